The normalized spacial score (nSPS) is 15.8. The van der Waals surface area contributed by atoms with E-state index in [9.17, 15) is 4.79 Å². The molecule has 0 N–H and O–H groups in total. The number of thiocarbonyl (C=S) groups is 1. The molecular formula is C22H19N3OS2. The zero-order valence-corrected chi connectivity index (χ0v) is 17.2. The van der Waals surface area contributed by atoms with Gasteiger partial charge in [-0.2, -0.15) is 5.10 Å². The third kappa shape index (κ3) is 3.53. The molecule has 0 bridgehead atoms. The number of hydrogen-bond acceptors (Lipinski definition) is 4. The predicted molar refractivity (Wildman–Crippen MR) is 119 cm³/mol. The fraction of sp³-hybridized carbons (Fsp3) is 0.136. The van der Waals surface area contributed by atoms with Crippen molar-refractivity contribution in [2.24, 2.45) is 0 Å². The summed E-state index contributed by atoms with van der Waals surface area (Å²) in [6.07, 6.45) is 3.86. The van der Waals surface area contributed by atoms with Gasteiger partial charge in [-0.15, -0.1) is 0 Å². The summed E-state index contributed by atoms with van der Waals surface area (Å²) in [7, 11) is 0. The summed E-state index contributed by atoms with van der Waals surface area (Å²) < 4.78 is 2.44. The van der Waals surface area contributed by atoms with Crippen molar-refractivity contribution >= 4 is 40.3 Å². The molecule has 0 spiro atoms. The number of nitrogens with zero attached hydrogens (tertiary/aromatic N) is 3. The highest BCUT2D eigenvalue weighted by Gasteiger charge is 2.34. The van der Waals surface area contributed by atoms with Gasteiger partial charge in [0.15, 0.2) is 0 Å². The molecule has 1 aromatic heterocycles. The highest BCUT2D eigenvalue weighted by atomic mass is 32.2. The van der Waals surface area contributed by atoms with Gasteiger partial charge >= 0.3 is 0 Å². The van der Waals surface area contributed by atoms with Gasteiger partial charge in [0, 0.05) is 23.4 Å². The van der Waals surface area contributed by atoms with Crippen molar-refractivity contribution in [2.75, 3.05) is 0 Å². The number of hydrogen-bond donors (Lipinski definition) is 0. The van der Waals surface area contributed by atoms with E-state index in [0.29, 0.717) is 9.23 Å². The molecule has 2 heterocycles. The maximum Gasteiger partial charge on any atom is 0.266 e. The van der Waals surface area contributed by atoms with E-state index in [1.807, 2.05) is 91.5 Å². The SMILES string of the molecule is CC(C)N1C(=O)C(=Cc2cn(-c3ccccc3)nc2-c2ccccc2)SC1=S. The van der Waals surface area contributed by atoms with E-state index in [-0.39, 0.29) is 11.9 Å². The van der Waals surface area contributed by atoms with Gasteiger partial charge in [0.05, 0.1) is 16.3 Å². The number of carbonyl (C=O) groups excluding carboxylic acids is 1. The first-order valence-electron chi connectivity index (χ1n) is 9.02. The Bertz CT molecular complexity index is 1060. The molecule has 4 nitrogen and oxygen atoms in total. The molecule has 0 atom stereocenters. The topological polar surface area (TPSA) is 38.1 Å². The first-order valence-corrected chi connectivity index (χ1v) is 10.2. The maximum atomic E-state index is 12.8. The van der Waals surface area contributed by atoms with Crippen LogP contribution in [-0.2, 0) is 4.79 Å². The minimum absolute atomic E-state index is 0.0408. The number of thioether (sulfide) groups is 1. The van der Waals surface area contributed by atoms with E-state index >= 15 is 0 Å². The molecule has 0 unspecified atom stereocenters. The lowest BCUT2D eigenvalue weighted by Gasteiger charge is -2.18. The van der Waals surface area contributed by atoms with E-state index in [1.165, 1.54) is 11.8 Å². The predicted octanol–water partition coefficient (Wildman–Crippen LogP) is 5.15. The minimum Gasteiger partial charge on any atom is -0.290 e. The van der Waals surface area contributed by atoms with Crippen LogP contribution in [-0.4, -0.2) is 30.9 Å². The lowest BCUT2D eigenvalue weighted by Crippen LogP contribution is -2.34. The molecule has 1 amide bonds. The first kappa shape index (κ1) is 18.7. The minimum atomic E-state index is -0.0449. The lowest BCUT2D eigenvalue weighted by atomic mass is 10.1. The molecule has 1 aliphatic heterocycles. The molecule has 0 radical (unpaired) electrons. The molecule has 0 aliphatic carbocycles. The molecule has 0 saturated carbocycles. The van der Waals surface area contributed by atoms with Crippen LogP contribution < -0.4 is 0 Å². The van der Waals surface area contributed by atoms with Crippen LogP contribution in [0.5, 0.6) is 0 Å². The van der Waals surface area contributed by atoms with Gasteiger partial charge in [0.1, 0.15) is 4.32 Å². The Morgan fingerprint density at radius 2 is 1.68 bits per heavy atom. The molecule has 6 heteroatoms. The van der Waals surface area contributed by atoms with E-state index in [0.717, 1.165) is 22.5 Å². The Kier molecular flexibility index (Phi) is 5.15. The van der Waals surface area contributed by atoms with Crippen molar-refractivity contribution in [2.45, 2.75) is 19.9 Å². The quantitative estimate of drug-likeness (QED) is 0.444. The van der Waals surface area contributed by atoms with Gasteiger partial charge < -0.3 is 0 Å². The van der Waals surface area contributed by atoms with Gasteiger partial charge in [-0.25, -0.2) is 4.68 Å². The van der Waals surface area contributed by atoms with E-state index in [4.69, 9.17) is 17.3 Å². The van der Waals surface area contributed by atoms with Gasteiger partial charge in [0.25, 0.3) is 5.91 Å². The van der Waals surface area contributed by atoms with Crippen LogP contribution in [0.15, 0.2) is 71.8 Å². The lowest BCUT2D eigenvalue weighted by molar-refractivity contribution is -0.123. The average molecular weight is 406 g/mol. The van der Waals surface area contributed by atoms with Crippen molar-refractivity contribution in [1.82, 2.24) is 14.7 Å². The van der Waals surface area contributed by atoms with Crippen LogP contribution in [0, 0.1) is 0 Å². The van der Waals surface area contributed by atoms with Crippen LogP contribution in [0.25, 0.3) is 23.0 Å². The van der Waals surface area contributed by atoms with E-state index in [1.54, 1.807) is 4.90 Å². The summed E-state index contributed by atoms with van der Waals surface area (Å²) in [5.41, 5.74) is 3.69. The molecular weight excluding hydrogens is 386 g/mol. The summed E-state index contributed by atoms with van der Waals surface area (Å²) in [6, 6.07) is 20.0. The smallest absolute Gasteiger partial charge is 0.266 e. The second kappa shape index (κ2) is 7.73. The van der Waals surface area contributed by atoms with Gasteiger partial charge in [-0.05, 0) is 32.1 Å². The summed E-state index contributed by atoms with van der Waals surface area (Å²) in [6.45, 7) is 3.94. The number of benzene rings is 2. The Labute approximate surface area is 173 Å². The molecule has 3 aromatic rings. The Hall–Kier alpha value is -2.70. The zero-order valence-electron chi connectivity index (χ0n) is 15.6. The highest BCUT2D eigenvalue weighted by Crippen LogP contribution is 2.35. The van der Waals surface area contributed by atoms with E-state index < -0.39 is 0 Å². The van der Waals surface area contributed by atoms with Gasteiger partial charge in [-0.1, -0.05) is 72.5 Å². The second-order valence-corrected chi connectivity index (χ2v) is 8.40. The van der Waals surface area contributed by atoms with Gasteiger partial charge in [0.2, 0.25) is 0 Å². The van der Waals surface area contributed by atoms with Crippen LogP contribution in [0.4, 0.5) is 0 Å². The first-order chi connectivity index (χ1) is 13.5. The summed E-state index contributed by atoms with van der Waals surface area (Å²) in [4.78, 5) is 15.1. The van der Waals surface area contributed by atoms with Crippen molar-refractivity contribution in [1.29, 1.82) is 0 Å². The van der Waals surface area contributed by atoms with Crippen LogP contribution in [0.2, 0.25) is 0 Å². The number of para-hydroxylation sites is 1. The van der Waals surface area contributed by atoms with Crippen molar-refractivity contribution in [3.05, 3.63) is 77.3 Å². The standard InChI is InChI=1S/C22H19N3OS2/c1-15(2)25-21(26)19(28-22(25)27)13-17-14-24(18-11-7-4-8-12-18)23-20(17)16-9-5-3-6-10-16/h3-15H,1-2H3. The molecule has 1 fully saturated rings. The molecule has 2 aromatic carbocycles. The highest BCUT2D eigenvalue weighted by molar-refractivity contribution is 8.26. The molecule has 28 heavy (non-hydrogen) atoms. The van der Waals surface area contributed by atoms with Crippen LogP contribution in [0.3, 0.4) is 0 Å². The van der Waals surface area contributed by atoms with Crippen molar-refractivity contribution in [3.8, 4) is 16.9 Å². The number of rotatable bonds is 4. The third-order valence-corrected chi connectivity index (χ3v) is 5.77. The monoisotopic (exact) mass is 405 g/mol. The fourth-order valence-electron chi connectivity index (χ4n) is 3.09. The van der Waals surface area contributed by atoms with E-state index in [2.05, 4.69) is 0 Å². The zero-order chi connectivity index (χ0) is 19.7. The number of aromatic nitrogens is 2. The average Bonchev–Trinajstić information content (AvgIpc) is 3.24. The molecule has 1 aliphatic rings. The molecule has 1 saturated heterocycles. The third-order valence-electron chi connectivity index (χ3n) is 4.44. The largest absolute Gasteiger partial charge is 0.290 e. The Balaban J connectivity index is 1.81. The summed E-state index contributed by atoms with van der Waals surface area (Å²) in [5.74, 6) is -0.0449. The van der Waals surface area contributed by atoms with Crippen LogP contribution >= 0.6 is 24.0 Å². The Morgan fingerprint density at radius 1 is 1.04 bits per heavy atom. The Morgan fingerprint density at radius 3 is 2.29 bits per heavy atom. The molecule has 4 rings (SSSR count). The summed E-state index contributed by atoms with van der Waals surface area (Å²) >= 11 is 6.75. The van der Waals surface area contributed by atoms with Crippen LogP contribution in [0.1, 0.15) is 19.4 Å². The second-order valence-electron chi connectivity index (χ2n) is 6.72. The fourth-order valence-corrected chi connectivity index (χ4v) is 4.61. The molecule has 140 valence electrons. The number of amides is 1. The van der Waals surface area contributed by atoms with Gasteiger partial charge in [-0.3, -0.25) is 9.69 Å². The summed E-state index contributed by atoms with van der Waals surface area (Å²) in [5, 5.41) is 4.80. The number of carbonyl (C=O) groups is 1. The van der Waals surface area contributed by atoms with Crippen molar-refractivity contribution in [3.63, 3.8) is 0 Å². The maximum absolute atomic E-state index is 12.8. The van der Waals surface area contributed by atoms with Crippen molar-refractivity contribution < 1.29 is 4.79 Å².